The molecule has 1 unspecified atom stereocenters. The summed E-state index contributed by atoms with van der Waals surface area (Å²) in [5.41, 5.74) is 0.484. The number of rotatable bonds is 3. The smallest absolute Gasteiger partial charge is 0.254 e. The molecule has 0 saturated carbocycles. The van der Waals surface area contributed by atoms with Gasteiger partial charge in [0.2, 0.25) is 5.91 Å². The van der Waals surface area contributed by atoms with Gasteiger partial charge >= 0.3 is 0 Å². The van der Waals surface area contributed by atoms with Gasteiger partial charge in [-0.25, -0.2) is 0 Å². The van der Waals surface area contributed by atoms with E-state index in [9.17, 15) is 14.7 Å². The Labute approximate surface area is 158 Å². The van der Waals surface area contributed by atoms with Gasteiger partial charge in [0.15, 0.2) is 0 Å². The van der Waals surface area contributed by atoms with Crippen LogP contribution in [0.5, 0.6) is 5.75 Å². The Kier molecular flexibility index (Phi) is 7.40. The molecule has 1 atom stereocenters. The van der Waals surface area contributed by atoms with Crippen molar-refractivity contribution in [3.63, 3.8) is 0 Å². The third-order valence-corrected chi connectivity index (χ3v) is 5.56. The van der Waals surface area contributed by atoms with Crippen molar-refractivity contribution in [2.24, 2.45) is 0 Å². The molecule has 25 heavy (non-hydrogen) atoms. The van der Waals surface area contributed by atoms with E-state index >= 15 is 0 Å². The molecule has 2 heterocycles. The number of thioether (sulfide) groups is 1. The molecule has 3 rings (SSSR count). The minimum Gasteiger partial charge on any atom is -0.508 e. The fourth-order valence-electron chi connectivity index (χ4n) is 3.07. The van der Waals surface area contributed by atoms with E-state index in [0.29, 0.717) is 38.2 Å². The quantitative estimate of drug-likeness (QED) is 0.817. The fraction of sp³-hybridized carbons (Fsp3) is 0.529. The second-order valence-electron chi connectivity index (χ2n) is 6.15. The van der Waals surface area contributed by atoms with Crippen LogP contribution in [0.25, 0.3) is 0 Å². The standard InChI is InChI=1S/C17H23N3O3S.ClH/c21-15-3-1-2-13(10-15)17(23)20-7-5-19(6-8-20)16(22)11-14-12-24-9-4-18-14;/h1-3,10,14,18,21H,4-9,11-12H2;1H. The summed E-state index contributed by atoms with van der Waals surface area (Å²) in [6, 6.07) is 6.66. The normalized spacial score (nSPS) is 20.7. The summed E-state index contributed by atoms with van der Waals surface area (Å²) in [7, 11) is 0. The van der Waals surface area contributed by atoms with E-state index in [1.807, 2.05) is 16.7 Å². The van der Waals surface area contributed by atoms with E-state index in [-0.39, 0.29) is 36.0 Å². The molecular weight excluding hydrogens is 362 g/mol. The second kappa shape index (κ2) is 9.31. The van der Waals surface area contributed by atoms with Gasteiger partial charge in [-0.05, 0) is 18.2 Å². The predicted octanol–water partition coefficient (Wildman–Crippen LogP) is 1.19. The van der Waals surface area contributed by atoms with Crippen LogP contribution in [-0.2, 0) is 4.79 Å². The van der Waals surface area contributed by atoms with Gasteiger partial charge in [-0.2, -0.15) is 11.8 Å². The number of phenols is 1. The van der Waals surface area contributed by atoms with Crippen LogP contribution in [0.15, 0.2) is 24.3 Å². The van der Waals surface area contributed by atoms with Crippen molar-refractivity contribution in [3.05, 3.63) is 29.8 Å². The average molecular weight is 386 g/mol. The first-order valence-electron chi connectivity index (χ1n) is 8.30. The molecule has 2 amide bonds. The lowest BCUT2D eigenvalue weighted by Crippen LogP contribution is -2.52. The largest absolute Gasteiger partial charge is 0.508 e. The summed E-state index contributed by atoms with van der Waals surface area (Å²) in [5, 5.41) is 12.9. The Hall–Kier alpha value is -1.44. The first kappa shape index (κ1) is 19.9. The summed E-state index contributed by atoms with van der Waals surface area (Å²) in [6.45, 7) is 3.18. The van der Waals surface area contributed by atoms with Gasteiger partial charge in [0.05, 0.1) is 0 Å². The Morgan fingerprint density at radius 1 is 1.20 bits per heavy atom. The van der Waals surface area contributed by atoms with E-state index in [1.165, 1.54) is 6.07 Å². The molecule has 8 heteroatoms. The number of phenolic OH excluding ortho intramolecular Hbond substituents is 1. The van der Waals surface area contributed by atoms with Gasteiger partial charge in [-0.1, -0.05) is 6.07 Å². The zero-order valence-corrected chi connectivity index (χ0v) is 15.7. The molecule has 2 aliphatic rings. The van der Waals surface area contributed by atoms with Crippen molar-refractivity contribution in [1.82, 2.24) is 15.1 Å². The lowest BCUT2D eigenvalue weighted by molar-refractivity contribution is -0.133. The highest BCUT2D eigenvalue weighted by atomic mass is 35.5. The van der Waals surface area contributed by atoms with Crippen molar-refractivity contribution in [3.8, 4) is 5.75 Å². The zero-order valence-electron chi connectivity index (χ0n) is 14.0. The fourth-order valence-corrected chi connectivity index (χ4v) is 4.02. The number of halogens is 1. The van der Waals surface area contributed by atoms with Crippen molar-refractivity contribution < 1.29 is 14.7 Å². The highest BCUT2D eigenvalue weighted by molar-refractivity contribution is 7.99. The van der Waals surface area contributed by atoms with Crippen LogP contribution in [0.2, 0.25) is 0 Å². The summed E-state index contributed by atoms with van der Waals surface area (Å²) >= 11 is 1.89. The van der Waals surface area contributed by atoms with Gasteiger partial charge in [-0.3, -0.25) is 9.59 Å². The summed E-state index contributed by atoms with van der Waals surface area (Å²) in [5.74, 6) is 2.26. The molecule has 0 aliphatic carbocycles. The molecule has 2 saturated heterocycles. The number of carbonyl (C=O) groups is 2. The maximum absolute atomic E-state index is 12.4. The molecule has 138 valence electrons. The van der Waals surface area contributed by atoms with Crippen molar-refractivity contribution >= 4 is 36.0 Å². The third kappa shape index (κ3) is 5.26. The number of carbonyl (C=O) groups excluding carboxylic acids is 2. The number of hydrogen-bond donors (Lipinski definition) is 2. The lowest BCUT2D eigenvalue weighted by Gasteiger charge is -2.36. The highest BCUT2D eigenvalue weighted by Gasteiger charge is 2.26. The predicted molar refractivity (Wildman–Crippen MR) is 102 cm³/mol. The van der Waals surface area contributed by atoms with Crippen LogP contribution in [0.4, 0.5) is 0 Å². The molecule has 0 radical (unpaired) electrons. The third-order valence-electron chi connectivity index (χ3n) is 4.43. The first-order valence-corrected chi connectivity index (χ1v) is 9.46. The summed E-state index contributed by atoms with van der Waals surface area (Å²) in [6.07, 6.45) is 0.535. The minimum absolute atomic E-state index is 0. The SMILES string of the molecule is Cl.O=C(CC1CSCCN1)N1CCN(C(=O)c2cccc(O)c2)CC1. The van der Waals surface area contributed by atoms with E-state index < -0.39 is 0 Å². The van der Waals surface area contributed by atoms with Crippen molar-refractivity contribution in [2.75, 3.05) is 44.2 Å². The number of amides is 2. The molecule has 0 spiro atoms. The molecule has 0 bridgehead atoms. The van der Waals surface area contributed by atoms with E-state index in [4.69, 9.17) is 0 Å². The second-order valence-corrected chi connectivity index (χ2v) is 7.30. The number of nitrogens with one attached hydrogen (secondary N) is 1. The van der Waals surface area contributed by atoms with Crippen LogP contribution < -0.4 is 5.32 Å². The van der Waals surface area contributed by atoms with Gasteiger partial charge in [0.25, 0.3) is 5.91 Å². The maximum atomic E-state index is 12.4. The number of nitrogens with zero attached hydrogens (tertiary/aromatic N) is 2. The maximum Gasteiger partial charge on any atom is 0.254 e. The first-order chi connectivity index (χ1) is 11.6. The van der Waals surface area contributed by atoms with Crippen LogP contribution >= 0.6 is 24.2 Å². The topological polar surface area (TPSA) is 72.9 Å². The Morgan fingerprint density at radius 3 is 2.56 bits per heavy atom. The number of piperazine rings is 1. The molecule has 6 nitrogen and oxygen atoms in total. The number of benzene rings is 1. The summed E-state index contributed by atoms with van der Waals surface area (Å²) < 4.78 is 0. The molecule has 0 aromatic heterocycles. The minimum atomic E-state index is -0.0941. The van der Waals surface area contributed by atoms with Gasteiger partial charge in [0, 0.05) is 62.3 Å². The number of aromatic hydroxyl groups is 1. The molecule has 2 N–H and O–H groups in total. The van der Waals surface area contributed by atoms with Crippen molar-refractivity contribution in [2.45, 2.75) is 12.5 Å². The zero-order chi connectivity index (χ0) is 16.9. The van der Waals surface area contributed by atoms with E-state index in [0.717, 1.165) is 18.1 Å². The molecule has 2 fully saturated rings. The summed E-state index contributed by atoms with van der Waals surface area (Å²) in [4.78, 5) is 28.4. The van der Waals surface area contributed by atoms with Gasteiger partial charge in [0.1, 0.15) is 5.75 Å². The monoisotopic (exact) mass is 385 g/mol. The lowest BCUT2D eigenvalue weighted by atomic mass is 10.1. The Morgan fingerprint density at radius 2 is 1.92 bits per heavy atom. The molecular formula is C17H24ClN3O3S. The van der Waals surface area contributed by atoms with E-state index in [1.54, 1.807) is 23.1 Å². The van der Waals surface area contributed by atoms with Crippen LogP contribution in [0, 0.1) is 0 Å². The van der Waals surface area contributed by atoms with Gasteiger partial charge in [-0.15, -0.1) is 12.4 Å². The Bertz CT molecular complexity index is 603. The van der Waals surface area contributed by atoms with Gasteiger partial charge < -0.3 is 20.2 Å². The molecule has 2 aliphatic heterocycles. The average Bonchev–Trinajstić information content (AvgIpc) is 2.62. The van der Waals surface area contributed by atoms with Crippen LogP contribution in [0.3, 0.4) is 0 Å². The molecule has 1 aromatic rings. The highest BCUT2D eigenvalue weighted by Crippen LogP contribution is 2.16. The molecule has 1 aromatic carbocycles. The van der Waals surface area contributed by atoms with Crippen LogP contribution in [0.1, 0.15) is 16.8 Å². The van der Waals surface area contributed by atoms with Crippen molar-refractivity contribution in [1.29, 1.82) is 0 Å². The Balaban J connectivity index is 0.00000225. The van der Waals surface area contributed by atoms with Crippen LogP contribution in [-0.4, -0.2) is 77.0 Å². The number of hydrogen-bond acceptors (Lipinski definition) is 5. The van der Waals surface area contributed by atoms with E-state index in [2.05, 4.69) is 5.32 Å².